The van der Waals surface area contributed by atoms with Crippen LogP contribution in [0.3, 0.4) is 0 Å². The smallest absolute Gasteiger partial charge is 0.237 e. The van der Waals surface area contributed by atoms with Gasteiger partial charge in [0.05, 0.1) is 12.3 Å². The number of aromatic nitrogens is 2. The molecule has 1 aromatic heterocycles. The Bertz CT molecular complexity index is 657. The Hall–Kier alpha value is -1.34. The summed E-state index contributed by atoms with van der Waals surface area (Å²) in [6.45, 7) is 2.60. The molecule has 2 heterocycles. The molecular formula is C13H12FN3OS2. The maximum atomic E-state index is 13.5. The van der Waals surface area contributed by atoms with E-state index in [1.807, 2.05) is 0 Å². The van der Waals surface area contributed by atoms with Crippen LogP contribution < -0.4 is 0 Å². The van der Waals surface area contributed by atoms with Crippen molar-refractivity contribution in [1.29, 1.82) is 0 Å². The number of nitrogens with zero attached hydrogens (tertiary/aromatic N) is 3. The first-order valence-corrected chi connectivity index (χ1v) is 8.08. The van der Waals surface area contributed by atoms with Crippen molar-refractivity contribution in [1.82, 2.24) is 10.1 Å². The Kier molecular flexibility index (Phi) is 4.07. The molecule has 0 spiro atoms. The molecule has 0 aliphatic carbocycles. The van der Waals surface area contributed by atoms with Crippen LogP contribution in [0, 0.1) is 12.7 Å². The summed E-state index contributed by atoms with van der Waals surface area (Å²) in [5, 5.41) is 3.89. The fourth-order valence-corrected chi connectivity index (χ4v) is 3.54. The van der Waals surface area contributed by atoms with Crippen molar-refractivity contribution in [3.05, 3.63) is 35.5 Å². The van der Waals surface area contributed by atoms with Crippen molar-refractivity contribution in [3.63, 3.8) is 0 Å². The summed E-state index contributed by atoms with van der Waals surface area (Å²) in [6.07, 6.45) is 0. The van der Waals surface area contributed by atoms with E-state index in [-0.39, 0.29) is 5.82 Å². The molecule has 0 N–H and O–H groups in total. The largest absolute Gasteiger partial charge is 0.338 e. The van der Waals surface area contributed by atoms with Gasteiger partial charge in [0.25, 0.3) is 0 Å². The minimum atomic E-state index is -0.264. The van der Waals surface area contributed by atoms with Gasteiger partial charge in [-0.2, -0.15) is 4.98 Å². The molecule has 0 saturated carbocycles. The topological polar surface area (TPSA) is 51.3 Å². The van der Waals surface area contributed by atoms with Gasteiger partial charge in [-0.05, 0) is 18.6 Å². The maximum Gasteiger partial charge on any atom is 0.237 e. The lowest BCUT2D eigenvalue weighted by molar-refractivity contribution is 0.392. The average Bonchev–Trinajstić information content (AvgIpc) is 3.10. The van der Waals surface area contributed by atoms with Gasteiger partial charge in [0, 0.05) is 11.3 Å². The zero-order chi connectivity index (χ0) is 13.9. The van der Waals surface area contributed by atoms with Crippen LogP contribution in [0.4, 0.5) is 4.39 Å². The number of benzene rings is 1. The number of rotatable bonds is 3. The van der Waals surface area contributed by atoms with Crippen molar-refractivity contribution in [2.75, 3.05) is 12.3 Å². The van der Waals surface area contributed by atoms with Gasteiger partial charge < -0.3 is 4.52 Å². The molecule has 0 saturated heterocycles. The molecule has 0 fully saturated rings. The molecule has 0 atom stereocenters. The van der Waals surface area contributed by atoms with Crippen LogP contribution in [0.2, 0.25) is 0 Å². The molecule has 0 unspecified atom stereocenters. The van der Waals surface area contributed by atoms with Gasteiger partial charge in [-0.15, -0.1) is 0 Å². The number of hydrogen-bond acceptors (Lipinski definition) is 6. The van der Waals surface area contributed by atoms with Crippen molar-refractivity contribution in [2.45, 2.75) is 12.7 Å². The second kappa shape index (κ2) is 5.97. The highest BCUT2D eigenvalue weighted by Crippen LogP contribution is 2.26. The monoisotopic (exact) mass is 309 g/mol. The number of hydrogen-bond donors (Lipinski definition) is 0. The van der Waals surface area contributed by atoms with E-state index in [4.69, 9.17) is 4.52 Å². The summed E-state index contributed by atoms with van der Waals surface area (Å²) in [5.41, 5.74) is 1.23. The highest BCUT2D eigenvalue weighted by molar-refractivity contribution is 8.38. The summed E-state index contributed by atoms with van der Waals surface area (Å²) in [4.78, 5) is 8.62. The van der Waals surface area contributed by atoms with Crippen molar-refractivity contribution >= 4 is 27.9 Å². The van der Waals surface area contributed by atoms with E-state index in [1.54, 1.807) is 42.6 Å². The van der Waals surface area contributed by atoms with Crippen molar-refractivity contribution in [3.8, 4) is 11.4 Å². The lowest BCUT2D eigenvalue weighted by atomic mass is 10.1. The molecule has 104 valence electrons. The van der Waals surface area contributed by atoms with Crippen molar-refractivity contribution < 1.29 is 8.91 Å². The fourth-order valence-electron chi connectivity index (χ4n) is 1.69. The lowest BCUT2D eigenvalue weighted by Gasteiger charge is -1.97. The zero-order valence-electron chi connectivity index (χ0n) is 10.8. The minimum Gasteiger partial charge on any atom is -0.338 e. The van der Waals surface area contributed by atoms with E-state index < -0.39 is 0 Å². The Morgan fingerprint density at radius 3 is 3.10 bits per heavy atom. The molecular weight excluding hydrogens is 297 g/mol. The standard InChI is InChI=1S/C13H12FN3OS2/c1-8-2-3-9(6-10(8)14)12-16-11(18-17-12)7-20-13-15-4-5-19-13/h2-3,6H,4-5,7H2,1H3. The second-order valence-electron chi connectivity index (χ2n) is 4.26. The molecule has 1 aliphatic rings. The van der Waals surface area contributed by atoms with Gasteiger partial charge in [-0.3, -0.25) is 4.99 Å². The summed E-state index contributed by atoms with van der Waals surface area (Å²) >= 11 is 3.34. The summed E-state index contributed by atoms with van der Waals surface area (Å²) in [6, 6.07) is 4.92. The van der Waals surface area contributed by atoms with Gasteiger partial charge >= 0.3 is 0 Å². The number of aliphatic imine (C=N–C) groups is 1. The number of aryl methyl sites for hydroxylation is 1. The molecule has 20 heavy (non-hydrogen) atoms. The van der Waals surface area contributed by atoms with Gasteiger partial charge in [0.1, 0.15) is 10.2 Å². The quantitative estimate of drug-likeness (QED) is 0.868. The van der Waals surface area contributed by atoms with Crippen LogP contribution in [0.5, 0.6) is 0 Å². The molecule has 0 amide bonds. The maximum absolute atomic E-state index is 13.5. The van der Waals surface area contributed by atoms with E-state index in [2.05, 4.69) is 15.1 Å². The Balaban J connectivity index is 1.70. The van der Waals surface area contributed by atoms with E-state index in [1.165, 1.54) is 6.07 Å². The lowest BCUT2D eigenvalue weighted by Crippen LogP contribution is -1.87. The Labute approximate surface area is 124 Å². The SMILES string of the molecule is Cc1ccc(-c2noc(CSC3=NCCS3)n2)cc1F. The van der Waals surface area contributed by atoms with Crippen LogP contribution in [-0.4, -0.2) is 26.8 Å². The third-order valence-corrected chi connectivity index (χ3v) is 5.01. The normalized spacial score (nSPS) is 14.6. The zero-order valence-corrected chi connectivity index (χ0v) is 12.4. The summed E-state index contributed by atoms with van der Waals surface area (Å²) < 4.78 is 19.8. The van der Waals surface area contributed by atoms with Crippen LogP contribution in [-0.2, 0) is 5.75 Å². The number of thioether (sulfide) groups is 2. The molecule has 7 heteroatoms. The molecule has 0 bridgehead atoms. The van der Waals surface area contributed by atoms with E-state index in [0.717, 1.165) is 16.7 Å². The first kappa shape index (κ1) is 13.6. The highest BCUT2D eigenvalue weighted by Gasteiger charge is 2.13. The van der Waals surface area contributed by atoms with Crippen LogP contribution in [0.25, 0.3) is 11.4 Å². The number of halogens is 1. The fraction of sp³-hybridized carbons (Fsp3) is 0.308. The Morgan fingerprint density at radius 1 is 1.45 bits per heavy atom. The third kappa shape index (κ3) is 3.04. The molecule has 1 aliphatic heterocycles. The van der Waals surface area contributed by atoms with Crippen LogP contribution >= 0.6 is 23.5 Å². The van der Waals surface area contributed by atoms with Gasteiger partial charge in [0.2, 0.25) is 11.7 Å². The van der Waals surface area contributed by atoms with E-state index >= 15 is 0 Å². The van der Waals surface area contributed by atoms with E-state index in [9.17, 15) is 4.39 Å². The summed E-state index contributed by atoms with van der Waals surface area (Å²) in [5.74, 6) is 2.31. The van der Waals surface area contributed by atoms with E-state index in [0.29, 0.717) is 28.6 Å². The Morgan fingerprint density at radius 2 is 2.35 bits per heavy atom. The molecule has 3 rings (SSSR count). The first-order chi connectivity index (χ1) is 9.72. The summed E-state index contributed by atoms with van der Waals surface area (Å²) in [7, 11) is 0. The predicted octanol–water partition coefficient (Wildman–Crippen LogP) is 3.52. The first-order valence-electron chi connectivity index (χ1n) is 6.11. The van der Waals surface area contributed by atoms with Gasteiger partial charge in [-0.1, -0.05) is 40.8 Å². The minimum absolute atomic E-state index is 0.264. The van der Waals surface area contributed by atoms with Gasteiger partial charge in [0.15, 0.2) is 0 Å². The highest BCUT2D eigenvalue weighted by atomic mass is 32.2. The third-order valence-electron chi connectivity index (χ3n) is 2.77. The molecule has 1 aromatic carbocycles. The molecule has 0 radical (unpaired) electrons. The second-order valence-corrected chi connectivity index (χ2v) is 6.57. The molecule has 4 nitrogen and oxygen atoms in total. The van der Waals surface area contributed by atoms with Gasteiger partial charge in [-0.25, -0.2) is 4.39 Å². The van der Waals surface area contributed by atoms with Crippen molar-refractivity contribution in [2.24, 2.45) is 4.99 Å². The predicted molar refractivity (Wildman–Crippen MR) is 80.5 cm³/mol. The average molecular weight is 309 g/mol. The molecule has 2 aromatic rings. The van der Waals surface area contributed by atoms with Crippen LogP contribution in [0.1, 0.15) is 11.5 Å². The van der Waals surface area contributed by atoms with Crippen LogP contribution in [0.15, 0.2) is 27.7 Å².